The van der Waals surface area contributed by atoms with Gasteiger partial charge in [0.2, 0.25) is 0 Å². The lowest BCUT2D eigenvalue weighted by atomic mass is 10.0. The molecule has 7 heteroatoms. The van der Waals surface area contributed by atoms with Gasteiger partial charge in [-0.05, 0) is 6.07 Å². The molecule has 1 aromatic carbocycles. The van der Waals surface area contributed by atoms with Crippen molar-refractivity contribution in [3.8, 4) is 6.07 Å². The number of piperidine rings is 1. The lowest BCUT2D eigenvalue weighted by Gasteiger charge is -2.33. The molecule has 0 N–H and O–H groups in total. The van der Waals surface area contributed by atoms with Crippen LogP contribution in [0.3, 0.4) is 0 Å². The minimum Gasteiger partial charge on any atom is -0.462 e. The van der Waals surface area contributed by atoms with Crippen molar-refractivity contribution in [2.24, 2.45) is 0 Å². The number of esters is 1. The maximum atomic E-state index is 11.3. The van der Waals surface area contributed by atoms with E-state index in [2.05, 4.69) is 0 Å². The van der Waals surface area contributed by atoms with Gasteiger partial charge in [-0.1, -0.05) is 6.92 Å². The molecule has 7 nitrogen and oxygen atoms in total. The molecule has 0 amide bonds. The first-order chi connectivity index (χ1) is 10.5. The monoisotopic (exact) mass is 303 g/mol. The number of nitro groups is 1. The first-order valence-electron chi connectivity index (χ1n) is 7.18. The van der Waals surface area contributed by atoms with Crippen LogP contribution >= 0.6 is 0 Å². The van der Waals surface area contributed by atoms with E-state index in [1.807, 2.05) is 11.0 Å². The molecule has 1 aliphatic rings. The first kappa shape index (κ1) is 15.8. The number of benzene rings is 1. The minimum absolute atomic E-state index is 0.0905. The van der Waals surface area contributed by atoms with Crippen molar-refractivity contribution in [3.63, 3.8) is 0 Å². The topological polar surface area (TPSA) is 96.5 Å². The fraction of sp³-hybridized carbons (Fsp3) is 0.467. The Kier molecular flexibility index (Phi) is 4.94. The van der Waals surface area contributed by atoms with E-state index in [4.69, 9.17) is 4.74 Å². The maximum Gasteiger partial charge on any atom is 0.305 e. The Bertz CT molecular complexity index is 616. The Hall–Kier alpha value is -2.62. The molecular formula is C15H17N3O4. The molecular weight excluding hydrogens is 286 g/mol. The van der Waals surface area contributed by atoms with Crippen LogP contribution in [-0.4, -0.2) is 30.1 Å². The summed E-state index contributed by atoms with van der Waals surface area (Å²) < 4.78 is 5.31. The Labute approximate surface area is 128 Å². The molecule has 0 spiro atoms. The highest BCUT2D eigenvalue weighted by atomic mass is 16.6. The number of ether oxygens (including phenoxy) is 1. The summed E-state index contributed by atoms with van der Waals surface area (Å²) in [6.07, 6.45) is 1.65. The zero-order chi connectivity index (χ0) is 16.1. The summed E-state index contributed by atoms with van der Waals surface area (Å²) in [6, 6.07) is 6.31. The van der Waals surface area contributed by atoms with E-state index in [0.717, 1.165) is 0 Å². The average molecular weight is 303 g/mol. The second-order valence-corrected chi connectivity index (χ2v) is 5.10. The quantitative estimate of drug-likeness (QED) is 0.481. The normalized spacial score (nSPS) is 15.2. The molecule has 2 rings (SSSR count). The number of carbonyl (C=O) groups is 1. The summed E-state index contributed by atoms with van der Waals surface area (Å²) in [4.78, 5) is 23.5. The molecule has 1 aliphatic heterocycles. The Balaban J connectivity index is 2.07. The lowest BCUT2D eigenvalue weighted by molar-refractivity contribution is -0.384. The van der Waals surface area contributed by atoms with Crippen LogP contribution in [0, 0.1) is 21.4 Å². The molecule has 1 heterocycles. The third-order valence-electron chi connectivity index (χ3n) is 3.68. The molecule has 0 radical (unpaired) electrons. The van der Waals surface area contributed by atoms with E-state index in [0.29, 0.717) is 43.6 Å². The van der Waals surface area contributed by atoms with Gasteiger partial charge in [0.25, 0.3) is 5.69 Å². The van der Waals surface area contributed by atoms with Crippen LogP contribution in [-0.2, 0) is 9.53 Å². The summed E-state index contributed by atoms with van der Waals surface area (Å²) in [5.41, 5.74) is 0.888. The molecule has 22 heavy (non-hydrogen) atoms. The highest BCUT2D eigenvalue weighted by molar-refractivity contribution is 5.69. The average Bonchev–Trinajstić information content (AvgIpc) is 2.54. The second kappa shape index (κ2) is 6.89. The van der Waals surface area contributed by atoms with Crippen LogP contribution in [0.5, 0.6) is 0 Å². The van der Waals surface area contributed by atoms with E-state index < -0.39 is 4.92 Å². The summed E-state index contributed by atoms with van der Waals surface area (Å²) in [5, 5.41) is 20.0. The van der Waals surface area contributed by atoms with Gasteiger partial charge in [-0.2, -0.15) is 5.26 Å². The van der Waals surface area contributed by atoms with Crippen LogP contribution in [0.2, 0.25) is 0 Å². The Morgan fingerprint density at radius 2 is 2.18 bits per heavy atom. The lowest BCUT2D eigenvalue weighted by Crippen LogP contribution is -2.38. The number of anilines is 1. The molecule has 116 valence electrons. The number of hydrogen-bond acceptors (Lipinski definition) is 6. The highest BCUT2D eigenvalue weighted by Gasteiger charge is 2.24. The molecule has 0 atom stereocenters. The molecule has 0 unspecified atom stereocenters. The smallest absolute Gasteiger partial charge is 0.305 e. The fourth-order valence-electron chi connectivity index (χ4n) is 2.49. The molecule has 0 aromatic heterocycles. The molecule has 1 aromatic rings. The predicted molar refractivity (Wildman–Crippen MR) is 79.4 cm³/mol. The predicted octanol–water partition coefficient (Wildman–Crippen LogP) is 2.39. The van der Waals surface area contributed by atoms with Gasteiger partial charge in [0.15, 0.2) is 0 Å². The summed E-state index contributed by atoms with van der Waals surface area (Å²) >= 11 is 0. The Morgan fingerprint density at radius 3 is 2.73 bits per heavy atom. The number of rotatable bonds is 4. The number of non-ortho nitro benzene ring substituents is 1. The SMILES string of the molecule is CCC(=O)OC1CCN(c2ccc([N+](=O)[O-])cc2C#N)CC1. The van der Waals surface area contributed by atoms with E-state index in [9.17, 15) is 20.2 Å². The summed E-state index contributed by atoms with van der Waals surface area (Å²) in [5.74, 6) is -0.202. The summed E-state index contributed by atoms with van der Waals surface area (Å²) in [6.45, 7) is 3.05. The van der Waals surface area contributed by atoms with E-state index in [-0.39, 0.29) is 17.8 Å². The van der Waals surface area contributed by atoms with Gasteiger partial charge in [0.05, 0.1) is 16.2 Å². The number of nitriles is 1. The second-order valence-electron chi connectivity index (χ2n) is 5.10. The van der Waals surface area contributed by atoms with Crippen molar-refractivity contribution < 1.29 is 14.5 Å². The van der Waals surface area contributed by atoms with Crippen molar-refractivity contribution in [2.75, 3.05) is 18.0 Å². The van der Waals surface area contributed by atoms with Gasteiger partial charge in [-0.3, -0.25) is 14.9 Å². The number of nitrogens with zero attached hydrogens (tertiary/aromatic N) is 3. The van der Waals surface area contributed by atoms with Crippen LogP contribution in [0.4, 0.5) is 11.4 Å². The van der Waals surface area contributed by atoms with Gasteiger partial charge in [-0.15, -0.1) is 0 Å². The fourth-order valence-corrected chi connectivity index (χ4v) is 2.49. The minimum atomic E-state index is -0.513. The van der Waals surface area contributed by atoms with Crippen molar-refractivity contribution in [1.82, 2.24) is 0 Å². The van der Waals surface area contributed by atoms with Crippen molar-refractivity contribution in [3.05, 3.63) is 33.9 Å². The molecule has 0 aliphatic carbocycles. The van der Waals surface area contributed by atoms with Crippen LogP contribution in [0.15, 0.2) is 18.2 Å². The van der Waals surface area contributed by atoms with Gasteiger partial charge < -0.3 is 9.64 Å². The van der Waals surface area contributed by atoms with Gasteiger partial charge >= 0.3 is 5.97 Å². The van der Waals surface area contributed by atoms with Crippen LogP contribution < -0.4 is 4.90 Å². The third-order valence-corrected chi connectivity index (χ3v) is 3.68. The van der Waals surface area contributed by atoms with Crippen molar-refractivity contribution in [2.45, 2.75) is 32.3 Å². The Morgan fingerprint density at radius 1 is 1.50 bits per heavy atom. The standard InChI is InChI=1S/C15H17N3O4/c1-2-15(19)22-13-5-7-17(8-6-13)14-4-3-12(18(20)21)9-11(14)10-16/h3-4,9,13H,2,5-8H2,1H3. The van der Waals surface area contributed by atoms with Crippen LogP contribution in [0.25, 0.3) is 0 Å². The zero-order valence-electron chi connectivity index (χ0n) is 12.3. The number of carbonyl (C=O) groups excluding carboxylic acids is 1. The van der Waals surface area contributed by atoms with Crippen molar-refractivity contribution in [1.29, 1.82) is 5.26 Å². The van der Waals surface area contributed by atoms with Gasteiger partial charge in [-0.25, -0.2) is 0 Å². The van der Waals surface area contributed by atoms with Crippen molar-refractivity contribution >= 4 is 17.3 Å². The largest absolute Gasteiger partial charge is 0.462 e. The maximum absolute atomic E-state index is 11.3. The van der Waals surface area contributed by atoms with Gasteiger partial charge in [0.1, 0.15) is 12.2 Å². The van der Waals surface area contributed by atoms with Crippen LogP contribution in [0.1, 0.15) is 31.7 Å². The highest BCUT2D eigenvalue weighted by Crippen LogP contribution is 2.28. The van der Waals surface area contributed by atoms with E-state index in [1.54, 1.807) is 13.0 Å². The number of hydrogen-bond donors (Lipinski definition) is 0. The summed E-state index contributed by atoms with van der Waals surface area (Å²) in [7, 11) is 0. The number of nitro benzene ring substituents is 1. The van der Waals surface area contributed by atoms with E-state index >= 15 is 0 Å². The third kappa shape index (κ3) is 3.52. The molecule has 0 saturated carbocycles. The zero-order valence-corrected chi connectivity index (χ0v) is 12.3. The molecule has 1 fully saturated rings. The van der Waals surface area contributed by atoms with E-state index in [1.165, 1.54) is 12.1 Å². The van der Waals surface area contributed by atoms with Gasteiger partial charge in [0, 0.05) is 44.5 Å². The molecule has 1 saturated heterocycles. The molecule has 0 bridgehead atoms. The first-order valence-corrected chi connectivity index (χ1v) is 7.18.